The molecule has 6 heteroatoms. The maximum atomic E-state index is 12.4. The molecule has 2 aliphatic rings. The van der Waals surface area contributed by atoms with Crippen LogP contribution >= 0.6 is 0 Å². The highest BCUT2D eigenvalue weighted by molar-refractivity contribution is 5.61. The third-order valence-corrected chi connectivity index (χ3v) is 4.46. The zero-order chi connectivity index (χ0) is 18.1. The number of benzene rings is 1. The molecule has 0 aliphatic carbocycles. The summed E-state index contributed by atoms with van der Waals surface area (Å²) >= 11 is 0. The highest BCUT2D eigenvalue weighted by Crippen LogP contribution is 2.44. The molecule has 0 bridgehead atoms. The van der Waals surface area contributed by atoms with E-state index in [0.717, 1.165) is 10.3 Å². The second kappa shape index (κ2) is 6.88. The van der Waals surface area contributed by atoms with E-state index in [1.54, 1.807) is 6.08 Å². The van der Waals surface area contributed by atoms with Gasteiger partial charge in [-0.2, -0.15) is 0 Å². The van der Waals surface area contributed by atoms with Crippen molar-refractivity contribution in [1.82, 2.24) is 0 Å². The van der Waals surface area contributed by atoms with Gasteiger partial charge in [0.15, 0.2) is 30.9 Å². The summed E-state index contributed by atoms with van der Waals surface area (Å²) in [4.78, 5) is 0. The summed E-state index contributed by atoms with van der Waals surface area (Å²) in [7, 11) is 0. The standard InChI is InChI=1S/C19H25NO5/c1-5-11-22-19(4)15(23-17-16(19)24-18(2,3)25-17)13-20(21)12-14-9-7-6-8-10-14/h5-10,13,15-17H,1,11-12H2,2-4H3/b20-13-/t15-,16+,17-,19+/m1/s1. The molecule has 0 unspecified atom stereocenters. The van der Waals surface area contributed by atoms with Gasteiger partial charge in [-0.05, 0) is 20.8 Å². The van der Waals surface area contributed by atoms with Gasteiger partial charge in [-0.3, -0.25) is 0 Å². The fraction of sp³-hybridized carbons (Fsp3) is 0.526. The molecular weight excluding hydrogens is 322 g/mol. The van der Waals surface area contributed by atoms with Gasteiger partial charge in [-0.15, -0.1) is 6.58 Å². The van der Waals surface area contributed by atoms with Crippen molar-refractivity contribution in [2.45, 2.75) is 57.2 Å². The van der Waals surface area contributed by atoms with Crippen LogP contribution in [0.4, 0.5) is 0 Å². The van der Waals surface area contributed by atoms with Gasteiger partial charge in [0.05, 0.1) is 6.61 Å². The van der Waals surface area contributed by atoms with Gasteiger partial charge in [-0.25, -0.2) is 4.74 Å². The van der Waals surface area contributed by atoms with Crippen LogP contribution in [0.2, 0.25) is 0 Å². The first kappa shape index (κ1) is 18.1. The zero-order valence-corrected chi connectivity index (χ0v) is 14.9. The van der Waals surface area contributed by atoms with E-state index in [1.165, 1.54) is 6.21 Å². The van der Waals surface area contributed by atoms with Crippen LogP contribution in [0, 0.1) is 5.21 Å². The molecule has 4 atom stereocenters. The van der Waals surface area contributed by atoms with Crippen molar-refractivity contribution in [1.29, 1.82) is 0 Å². The lowest BCUT2D eigenvalue weighted by Crippen LogP contribution is -2.50. The molecule has 0 spiro atoms. The average molecular weight is 347 g/mol. The molecule has 0 saturated carbocycles. The van der Waals surface area contributed by atoms with Crippen molar-refractivity contribution in [3.05, 3.63) is 53.8 Å². The first-order chi connectivity index (χ1) is 11.8. The number of fused-ring (bicyclic) bond motifs is 1. The molecule has 0 radical (unpaired) electrons. The smallest absolute Gasteiger partial charge is 0.191 e. The molecule has 136 valence electrons. The Hall–Kier alpha value is -1.73. The fourth-order valence-corrected chi connectivity index (χ4v) is 3.21. The second-order valence-corrected chi connectivity index (χ2v) is 6.97. The third-order valence-electron chi connectivity index (χ3n) is 4.46. The van der Waals surface area contributed by atoms with Crippen molar-refractivity contribution < 1.29 is 23.7 Å². The number of nitrogens with zero attached hydrogens (tertiary/aromatic N) is 1. The Morgan fingerprint density at radius 1 is 1.24 bits per heavy atom. The van der Waals surface area contributed by atoms with E-state index < -0.39 is 29.9 Å². The highest BCUT2D eigenvalue weighted by atomic mass is 16.8. The zero-order valence-electron chi connectivity index (χ0n) is 14.9. The Labute approximate surface area is 148 Å². The summed E-state index contributed by atoms with van der Waals surface area (Å²) < 4.78 is 24.5. The van der Waals surface area contributed by atoms with Crippen LogP contribution in [0.1, 0.15) is 26.3 Å². The van der Waals surface area contributed by atoms with E-state index in [4.69, 9.17) is 18.9 Å². The van der Waals surface area contributed by atoms with Crippen LogP contribution in [-0.4, -0.2) is 47.4 Å². The summed E-state index contributed by atoms with van der Waals surface area (Å²) in [6.07, 6.45) is 1.58. The molecule has 6 nitrogen and oxygen atoms in total. The normalized spacial score (nSPS) is 34.0. The number of hydrogen-bond acceptors (Lipinski definition) is 5. The largest absolute Gasteiger partial charge is 0.624 e. The van der Waals surface area contributed by atoms with Crippen molar-refractivity contribution in [2.75, 3.05) is 6.61 Å². The highest BCUT2D eigenvalue weighted by Gasteiger charge is 2.62. The lowest BCUT2D eigenvalue weighted by Gasteiger charge is -2.32. The molecule has 1 aromatic carbocycles. The monoisotopic (exact) mass is 347 g/mol. The minimum absolute atomic E-state index is 0.237. The van der Waals surface area contributed by atoms with Crippen LogP contribution in [0.3, 0.4) is 0 Å². The van der Waals surface area contributed by atoms with Crippen LogP contribution in [0.25, 0.3) is 0 Å². The van der Waals surface area contributed by atoms with Crippen LogP contribution in [0.15, 0.2) is 43.0 Å². The lowest BCUT2D eigenvalue weighted by molar-refractivity contribution is -0.474. The molecule has 0 N–H and O–H groups in total. The summed E-state index contributed by atoms with van der Waals surface area (Å²) in [5.74, 6) is -0.750. The first-order valence-electron chi connectivity index (χ1n) is 8.43. The fourth-order valence-electron chi connectivity index (χ4n) is 3.21. The number of rotatable bonds is 6. The summed E-state index contributed by atoms with van der Waals surface area (Å²) in [5.41, 5.74) is 0.0840. The van der Waals surface area contributed by atoms with Crippen molar-refractivity contribution in [2.24, 2.45) is 0 Å². The number of hydroxylamine groups is 1. The number of hydrogen-bond donors (Lipinski definition) is 0. The second-order valence-electron chi connectivity index (χ2n) is 6.97. The van der Waals surface area contributed by atoms with Gasteiger partial charge in [0, 0.05) is 5.56 Å². The van der Waals surface area contributed by atoms with Crippen molar-refractivity contribution in [3.8, 4) is 0 Å². The Kier molecular flexibility index (Phi) is 4.97. The van der Waals surface area contributed by atoms with E-state index in [-0.39, 0.29) is 6.54 Å². The Balaban J connectivity index is 1.79. The summed E-state index contributed by atoms with van der Waals surface area (Å²) in [6, 6.07) is 9.54. The van der Waals surface area contributed by atoms with Crippen LogP contribution in [-0.2, 0) is 25.5 Å². The minimum Gasteiger partial charge on any atom is -0.624 e. The van der Waals surface area contributed by atoms with E-state index >= 15 is 0 Å². The van der Waals surface area contributed by atoms with Gasteiger partial charge in [-0.1, -0.05) is 36.4 Å². The molecule has 2 aliphatic heterocycles. The predicted octanol–water partition coefficient (Wildman–Crippen LogP) is 2.61. The first-order valence-corrected chi connectivity index (χ1v) is 8.43. The average Bonchev–Trinajstić information content (AvgIpc) is 2.98. The molecule has 0 amide bonds. The lowest BCUT2D eigenvalue weighted by atomic mass is 9.95. The molecule has 2 fully saturated rings. The van der Waals surface area contributed by atoms with E-state index in [2.05, 4.69) is 6.58 Å². The van der Waals surface area contributed by atoms with Gasteiger partial charge >= 0.3 is 0 Å². The minimum atomic E-state index is -0.841. The van der Waals surface area contributed by atoms with Gasteiger partial charge in [0.2, 0.25) is 0 Å². The molecule has 2 heterocycles. The molecule has 1 aromatic rings. The van der Waals surface area contributed by atoms with Crippen LogP contribution < -0.4 is 0 Å². The van der Waals surface area contributed by atoms with E-state index in [9.17, 15) is 5.21 Å². The predicted molar refractivity (Wildman–Crippen MR) is 93.1 cm³/mol. The molecule has 25 heavy (non-hydrogen) atoms. The topological polar surface area (TPSA) is 63.0 Å². The van der Waals surface area contributed by atoms with Gasteiger partial charge in [0.1, 0.15) is 11.7 Å². The maximum Gasteiger partial charge on any atom is 0.191 e. The Morgan fingerprint density at radius 2 is 1.96 bits per heavy atom. The SMILES string of the molecule is C=CCO[C@@]1(C)[C@@H](/C=[N+](\[O-])Cc2ccccc2)O[C@@H]2OC(C)(C)O[C@@H]21. The molecule has 0 aromatic heterocycles. The van der Waals surface area contributed by atoms with Gasteiger partial charge < -0.3 is 24.2 Å². The third kappa shape index (κ3) is 3.77. The molecular formula is C19H25NO5. The van der Waals surface area contributed by atoms with Gasteiger partial charge in [0.25, 0.3) is 0 Å². The van der Waals surface area contributed by atoms with Crippen molar-refractivity contribution in [3.63, 3.8) is 0 Å². The summed E-state index contributed by atoms with van der Waals surface area (Å²) in [6.45, 7) is 9.79. The van der Waals surface area contributed by atoms with Crippen molar-refractivity contribution >= 4 is 6.21 Å². The van der Waals surface area contributed by atoms with E-state index in [1.807, 2.05) is 51.1 Å². The quantitative estimate of drug-likeness (QED) is 0.260. The Morgan fingerprint density at radius 3 is 2.64 bits per heavy atom. The molecule has 3 rings (SSSR count). The van der Waals surface area contributed by atoms with Crippen LogP contribution in [0.5, 0.6) is 0 Å². The maximum absolute atomic E-state index is 12.4. The van der Waals surface area contributed by atoms with E-state index in [0.29, 0.717) is 6.61 Å². The molecule has 2 saturated heterocycles. The summed E-state index contributed by atoms with van der Waals surface area (Å²) in [5, 5.41) is 12.4. The number of ether oxygens (including phenoxy) is 4. The Bertz CT molecular complexity index is 644.